The van der Waals surface area contributed by atoms with Crippen molar-refractivity contribution in [2.75, 3.05) is 0 Å². The average Bonchev–Trinajstić information content (AvgIpc) is 3.81. The summed E-state index contributed by atoms with van der Waals surface area (Å²) in [7, 11) is 0. The predicted molar refractivity (Wildman–Crippen MR) is 158 cm³/mol. The molecule has 1 aromatic heterocycles. The van der Waals surface area contributed by atoms with E-state index in [1.54, 1.807) is 24.4 Å². The Morgan fingerprint density at radius 2 is 1.77 bits per heavy atom. The Labute approximate surface area is 247 Å². The van der Waals surface area contributed by atoms with Crippen molar-refractivity contribution >= 4 is 46.4 Å². The molecule has 43 heavy (non-hydrogen) atoms. The Bertz CT molecular complexity index is 1840. The van der Waals surface area contributed by atoms with E-state index >= 15 is 0 Å². The minimum absolute atomic E-state index is 0.0794. The van der Waals surface area contributed by atoms with Gasteiger partial charge in [0.1, 0.15) is 6.04 Å². The van der Waals surface area contributed by atoms with Gasteiger partial charge in [0.05, 0.1) is 40.1 Å². The van der Waals surface area contributed by atoms with Crippen LogP contribution in [0.2, 0.25) is 0 Å². The fourth-order valence-electron chi connectivity index (χ4n) is 5.73. The van der Waals surface area contributed by atoms with Gasteiger partial charge < -0.3 is 5.73 Å². The first-order valence-electron chi connectivity index (χ1n) is 14.5. The van der Waals surface area contributed by atoms with Gasteiger partial charge in [-0.05, 0) is 68.4 Å². The van der Waals surface area contributed by atoms with Crippen LogP contribution in [-0.2, 0) is 9.59 Å². The zero-order chi connectivity index (χ0) is 29.7. The first kappa shape index (κ1) is 26.7. The second kappa shape index (κ2) is 10.6. The number of benzene rings is 2. The lowest BCUT2D eigenvalue weighted by molar-refractivity contribution is -0.136. The van der Waals surface area contributed by atoms with Crippen LogP contribution in [0.15, 0.2) is 59.4 Å². The van der Waals surface area contributed by atoms with Crippen LogP contribution in [0.4, 0.5) is 0 Å². The Kier molecular flexibility index (Phi) is 6.58. The van der Waals surface area contributed by atoms with Gasteiger partial charge in [0.15, 0.2) is 0 Å². The van der Waals surface area contributed by atoms with Crippen molar-refractivity contribution in [3.63, 3.8) is 0 Å². The summed E-state index contributed by atoms with van der Waals surface area (Å²) in [5, 5.41) is 2.21. The molecule has 0 bridgehead atoms. The molecular weight excluding hydrogens is 544 g/mol. The second-order valence-corrected chi connectivity index (χ2v) is 11.5. The van der Waals surface area contributed by atoms with Crippen LogP contribution in [0, 0.1) is 23.7 Å². The maximum absolute atomic E-state index is 13.1. The Balaban J connectivity index is 1.02. The zero-order valence-corrected chi connectivity index (χ0v) is 23.2. The van der Waals surface area contributed by atoms with Crippen LogP contribution >= 0.6 is 0 Å². The Morgan fingerprint density at radius 3 is 2.53 bits per heavy atom. The van der Waals surface area contributed by atoms with E-state index in [9.17, 15) is 19.2 Å². The number of rotatable bonds is 5. The fourth-order valence-corrected chi connectivity index (χ4v) is 5.73. The summed E-state index contributed by atoms with van der Waals surface area (Å²) < 4.78 is 0. The highest BCUT2D eigenvalue weighted by molar-refractivity contribution is 6.23. The van der Waals surface area contributed by atoms with Gasteiger partial charge in [-0.1, -0.05) is 24.0 Å². The molecule has 1 atom stereocenters. The van der Waals surface area contributed by atoms with Crippen LogP contribution < -0.4 is 11.1 Å². The van der Waals surface area contributed by atoms with Gasteiger partial charge in [0, 0.05) is 35.4 Å². The number of nitrogens with zero attached hydrogens (tertiary/aromatic N) is 4. The zero-order valence-electron chi connectivity index (χ0n) is 23.2. The van der Waals surface area contributed by atoms with E-state index in [1.807, 2.05) is 30.5 Å². The molecule has 2 aliphatic carbocycles. The largest absolute Gasteiger partial charge is 0.401 e. The number of carbonyl (C=O) groups is 4. The SMILES string of the molecule is NC(=C(C=NC1CC(C#Cc2ccc3c(c2)C(=O)N(C2CCC(=O)NC2=O)C3=O)C1)c1cnc2ccccc2n1)C1CC1. The maximum atomic E-state index is 13.1. The number of aliphatic imine (C=N–C) groups is 1. The number of nitrogens with two attached hydrogens (primary N) is 1. The number of hydrogen-bond donors (Lipinski definition) is 2. The van der Waals surface area contributed by atoms with Gasteiger partial charge >= 0.3 is 0 Å². The number of hydrogen-bond acceptors (Lipinski definition) is 8. The van der Waals surface area contributed by atoms with E-state index < -0.39 is 29.7 Å². The molecule has 4 amide bonds. The summed E-state index contributed by atoms with van der Waals surface area (Å²) in [5.74, 6) is 4.81. The van der Waals surface area contributed by atoms with Crippen molar-refractivity contribution in [3.05, 3.63) is 76.7 Å². The van der Waals surface area contributed by atoms with Crippen molar-refractivity contribution in [1.82, 2.24) is 20.2 Å². The molecule has 2 aromatic carbocycles. The van der Waals surface area contributed by atoms with Gasteiger partial charge in [0.25, 0.3) is 11.8 Å². The molecule has 3 aromatic rings. The molecule has 3 heterocycles. The van der Waals surface area contributed by atoms with Crippen molar-refractivity contribution in [2.24, 2.45) is 22.6 Å². The van der Waals surface area contributed by atoms with Crippen LogP contribution in [0.1, 0.15) is 70.5 Å². The lowest BCUT2D eigenvalue weighted by atomic mass is 9.81. The molecule has 4 aliphatic rings. The first-order valence-corrected chi connectivity index (χ1v) is 14.5. The number of fused-ring (bicyclic) bond motifs is 2. The molecule has 214 valence electrons. The topological polar surface area (TPSA) is 148 Å². The monoisotopic (exact) mass is 572 g/mol. The number of allylic oxidation sites excluding steroid dienone is 2. The molecule has 2 saturated carbocycles. The maximum Gasteiger partial charge on any atom is 0.262 e. The standard InChI is InChI=1S/C33H28N6O4/c34-30(20-8-9-20)24(27-17-36-25-3-1-2-4-26(25)37-27)16-35-21-13-19(14-21)6-5-18-7-10-22-23(15-18)33(43)39(32(22)42)28-11-12-29(40)38-31(28)41/h1-4,7,10,15-17,19-21,28H,8-9,11-14,34H2,(H,38,40,41). The molecule has 10 nitrogen and oxygen atoms in total. The van der Waals surface area contributed by atoms with Gasteiger partial charge in [-0.15, -0.1) is 0 Å². The minimum Gasteiger partial charge on any atom is -0.401 e. The van der Waals surface area contributed by atoms with E-state index in [2.05, 4.69) is 22.1 Å². The van der Waals surface area contributed by atoms with E-state index in [0.717, 1.165) is 58.6 Å². The average molecular weight is 573 g/mol. The molecule has 0 spiro atoms. The fraction of sp³-hybridized carbons (Fsp3) is 0.303. The summed E-state index contributed by atoms with van der Waals surface area (Å²) in [5.41, 5.74) is 11.6. The quantitative estimate of drug-likeness (QED) is 0.271. The summed E-state index contributed by atoms with van der Waals surface area (Å²) >= 11 is 0. The molecule has 3 fully saturated rings. The highest BCUT2D eigenvalue weighted by Gasteiger charge is 2.44. The number of aromatic nitrogens is 2. The summed E-state index contributed by atoms with van der Waals surface area (Å²) in [6.07, 6.45) is 7.55. The molecule has 1 saturated heterocycles. The van der Waals surface area contributed by atoms with Crippen LogP contribution in [-0.4, -0.2) is 56.8 Å². The highest BCUT2D eigenvalue weighted by atomic mass is 16.2. The minimum atomic E-state index is -0.990. The Morgan fingerprint density at radius 1 is 1.00 bits per heavy atom. The highest BCUT2D eigenvalue weighted by Crippen LogP contribution is 2.37. The number of nitrogens with one attached hydrogen (secondary N) is 1. The van der Waals surface area contributed by atoms with Crippen molar-refractivity contribution in [3.8, 4) is 11.8 Å². The number of imide groups is 2. The third-order valence-electron chi connectivity index (χ3n) is 8.44. The summed E-state index contributed by atoms with van der Waals surface area (Å²) in [4.78, 5) is 64.9. The van der Waals surface area contributed by atoms with E-state index in [1.165, 1.54) is 0 Å². The van der Waals surface area contributed by atoms with E-state index in [0.29, 0.717) is 11.5 Å². The van der Waals surface area contributed by atoms with Gasteiger partial charge in [-0.25, -0.2) is 4.98 Å². The third kappa shape index (κ3) is 5.07. The van der Waals surface area contributed by atoms with Gasteiger partial charge in [-0.2, -0.15) is 0 Å². The predicted octanol–water partition coefficient (Wildman–Crippen LogP) is 3.01. The summed E-state index contributed by atoms with van der Waals surface area (Å²) in [6, 6.07) is 11.8. The molecule has 7 rings (SSSR count). The van der Waals surface area contributed by atoms with Gasteiger partial charge in [-0.3, -0.25) is 39.4 Å². The number of carbonyl (C=O) groups excluding carboxylic acids is 4. The number of para-hydroxylation sites is 2. The molecular formula is C33H28N6O4. The smallest absolute Gasteiger partial charge is 0.262 e. The van der Waals surface area contributed by atoms with Crippen LogP contribution in [0.25, 0.3) is 16.6 Å². The van der Waals surface area contributed by atoms with E-state index in [4.69, 9.17) is 15.7 Å². The van der Waals surface area contributed by atoms with Gasteiger partial charge in [0.2, 0.25) is 11.8 Å². The normalized spacial score (nSPS) is 23.9. The Hall–Kier alpha value is -5.17. The molecule has 3 N–H and O–H groups in total. The first-order chi connectivity index (χ1) is 20.9. The lowest BCUT2D eigenvalue weighted by Crippen LogP contribution is -2.54. The van der Waals surface area contributed by atoms with Crippen molar-refractivity contribution in [2.45, 2.75) is 50.6 Å². The van der Waals surface area contributed by atoms with Crippen LogP contribution in [0.5, 0.6) is 0 Å². The number of piperidine rings is 1. The summed E-state index contributed by atoms with van der Waals surface area (Å²) in [6.45, 7) is 0. The van der Waals surface area contributed by atoms with Crippen LogP contribution in [0.3, 0.4) is 0 Å². The third-order valence-corrected chi connectivity index (χ3v) is 8.44. The van der Waals surface area contributed by atoms with Crippen molar-refractivity contribution < 1.29 is 19.2 Å². The lowest BCUT2D eigenvalue weighted by Gasteiger charge is -2.28. The second-order valence-electron chi connectivity index (χ2n) is 11.5. The number of amides is 4. The van der Waals surface area contributed by atoms with E-state index in [-0.39, 0.29) is 35.9 Å². The molecule has 2 aliphatic heterocycles. The molecule has 0 radical (unpaired) electrons. The molecule has 10 heteroatoms. The van der Waals surface area contributed by atoms with Crippen molar-refractivity contribution in [1.29, 1.82) is 0 Å². The molecule has 1 unspecified atom stereocenters.